The summed E-state index contributed by atoms with van der Waals surface area (Å²) in [6, 6.07) is 8.37. The zero-order chi connectivity index (χ0) is 14.3. The Labute approximate surface area is 113 Å². The number of aryl methyl sites for hydroxylation is 1. The summed E-state index contributed by atoms with van der Waals surface area (Å²) in [4.78, 5) is 23.9. The molecule has 0 radical (unpaired) electrons. The molecule has 0 aliphatic rings. The average molecular weight is 269 g/mol. The van der Waals surface area contributed by atoms with Gasteiger partial charge in [0.1, 0.15) is 5.76 Å². The third-order valence-corrected chi connectivity index (χ3v) is 3.15. The van der Waals surface area contributed by atoms with E-state index in [9.17, 15) is 14.7 Å². The van der Waals surface area contributed by atoms with Gasteiger partial charge < -0.3 is 9.52 Å². The monoisotopic (exact) mass is 269 g/mol. The van der Waals surface area contributed by atoms with Crippen LogP contribution in [0.4, 0.5) is 4.79 Å². The van der Waals surface area contributed by atoms with Gasteiger partial charge in [0.25, 0.3) is 0 Å². The van der Waals surface area contributed by atoms with Crippen molar-refractivity contribution >= 4 is 17.0 Å². The van der Waals surface area contributed by atoms with Crippen LogP contribution in [0.25, 0.3) is 22.2 Å². The lowest BCUT2D eigenvalue weighted by molar-refractivity contribution is 0.197. The Bertz CT molecular complexity index is 859. The molecule has 100 valence electrons. The van der Waals surface area contributed by atoms with Gasteiger partial charge in [0, 0.05) is 11.6 Å². The van der Waals surface area contributed by atoms with Crippen LogP contribution in [0.2, 0.25) is 0 Å². The quantitative estimate of drug-likeness (QED) is 0.736. The van der Waals surface area contributed by atoms with Gasteiger partial charge in [0.05, 0.1) is 17.3 Å². The summed E-state index contributed by atoms with van der Waals surface area (Å²) in [5.74, 6) is 0.355. The minimum atomic E-state index is -1.15. The largest absolute Gasteiger partial charge is 0.464 e. The van der Waals surface area contributed by atoms with Crippen molar-refractivity contribution in [1.82, 2.24) is 4.57 Å². The number of benzene rings is 1. The number of carboxylic acid groups (broad SMARTS) is 1. The number of hydrogen-bond donors (Lipinski definition) is 1. The maximum Gasteiger partial charge on any atom is 0.416 e. The molecule has 0 atom stereocenters. The highest BCUT2D eigenvalue weighted by molar-refractivity contribution is 5.90. The summed E-state index contributed by atoms with van der Waals surface area (Å²) in [5.41, 5.74) is 1.25. The van der Waals surface area contributed by atoms with Crippen LogP contribution in [0.3, 0.4) is 0 Å². The molecule has 2 heterocycles. The van der Waals surface area contributed by atoms with Gasteiger partial charge in [-0.15, -0.1) is 0 Å². The molecule has 0 bridgehead atoms. The zero-order valence-corrected chi connectivity index (χ0v) is 10.7. The Kier molecular flexibility index (Phi) is 2.68. The maximum absolute atomic E-state index is 12.5. The molecule has 0 saturated carbocycles. The Morgan fingerprint density at radius 2 is 2.10 bits per heavy atom. The van der Waals surface area contributed by atoms with Crippen LogP contribution in [-0.2, 0) is 0 Å². The molecule has 0 spiro atoms. The van der Waals surface area contributed by atoms with E-state index in [-0.39, 0.29) is 11.0 Å². The van der Waals surface area contributed by atoms with E-state index >= 15 is 0 Å². The van der Waals surface area contributed by atoms with Crippen LogP contribution in [0, 0.1) is 6.92 Å². The highest BCUT2D eigenvalue weighted by atomic mass is 16.4. The first kappa shape index (κ1) is 12.2. The van der Waals surface area contributed by atoms with Gasteiger partial charge in [-0.25, -0.2) is 4.79 Å². The third-order valence-electron chi connectivity index (χ3n) is 3.15. The Morgan fingerprint density at radius 1 is 1.30 bits per heavy atom. The summed E-state index contributed by atoms with van der Waals surface area (Å²) in [6.45, 7) is 1.85. The summed E-state index contributed by atoms with van der Waals surface area (Å²) in [6.07, 6.45) is 1.59. The molecule has 20 heavy (non-hydrogen) atoms. The van der Waals surface area contributed by atoms with E-state index in [1.54, 1.807) is 30.3 Å². The van der Waals surface area contributed by atoms with Crippen LogP contribution in [0.1, 0.15) is 5.56 Å². The van der Waals surface area contributed by atoms with Crippen LogP contribution in [-0.4, -0.2) is 15.8 Å². The average Bonchev–Trinajstić information content (AvgIpc) is 2.93. The molecule has 0 aliphatic carbocycles. The second-order valence-corrected chi connectivity index (χ2v) is 4.52. The topological polar surface area (TPSA) is 72.4 Å². The zero-order valence-electron chi connectivity index (χ0n) is 10.7. The number of furan rings is 1. The lowest BCUT2D eigenvalue weighted by Crippen LogP contribution is -2.16. The summed E-state index contributed by atoms with van der Waals surface area (Å²) in [5, 5.41) is 9.66. The van der Waals surface area contributed by atoms with E-state index in [2.05, 4.69) is 0 Å². The van der Waals surface area contributed by atoms with Crippen molar-refractivity contribution in [3.63, 3.8) is 0 Å². The molecule has 0 unspecified atom stereocenters. The van der Waals surface area contributed by atoms with Crippen LogP contribution < -0.4 is 5.43 Å². The first-order chi connectivity index (χ1) is 9.58. The number of aromatic nitrogens is 1. The minimum absolute atomic E-state index is 0.232. The number of fused-ring (bicyclic) bond motifs is 1. The molecule has 5 nitrogen and oxygen atoms in total. The lowest BCUT2D eigenvalue weighted by atomic mass is 10.1. The third kappa shape index (κ3) is 1.80. The van der Waals surface area contributed by atoms with Gasteiger partial charge in [-0.05, 0) is 31.2 Å². The first-order valence-electron chi connectivity index (χ1n) is 6.01. The first-order valence-corrected chi connectivity index (χ1v) is 6.01. The van der Waals surface area contributed by atoms with Crippen molar-refractivity contribution in [2.45, 2.75) is 6.92 Å². The predicted molar refractivity (Wildman–Crippen MR) is 74.1 cm³/mol. The number of rotatable bonds is 1. The highest BCUT2D eigenvalue weighted by Crippen LogP contribution is 2.21. The van der Waals surface area contributed by atoms with Gasteiger partial charge in [0.2, 0.25) is 0 Å². The predicted octanol–water partition coefficient (Wildman–Crippen LogP) is 3.10. The molecule has 2 aromatic heterocycles. The lowest BCUT2D eigenvalue weighted by Gasteiger charge is -2.08. The molecule has 0 fully saturated rings. The summed E-state index contributed by atoms with van der Waals surface area (Å²) < 4.78 is 6.24. The minimum Gasteiger partial charge on any atom is -0.464 e. The van der Waals surface area contributed by atoms with E-state index in [0.717, 1.165) is 10.1 Å². The van der Waals surface area contributed by atoms with Crippen molar-refractivity contribution in [2.24, 2.45) is 0 Å². The molecular weight excluding hydrogens is 258 g/mol. The van der Waals surface area contributed by atoms with Gasteiger partial charge in [-0.3, -0.25) is 9.36 Å². The summed E-state index contributed by atoms with van der Waals surface area (Å²) in [7, 11) is 0. The van der Waals surface area contributed by atoms with Crippen molar-refractivity contribution < 1.29 is 14.3 Å². The number of hydrogen-bond acceptors (Lipinski definition) is 3. The highest BCUT2D eigenvalue weighted by Gasteiger charge is 2.15. The molecular formula is C15H11NO4. The van der Waals surface area contributed by atoms with E-state index in [0.29, 0.717) is 16.7 Å². The van der Waals surface area contributed by atoms with Crippen LogP contribution in [0.15, 0.2) is 52.0 Å². The second kappa shape index (κ2) is 4.38. The molecule has 3 aromatic rings. The van der Waals surface area contributed by atoms with Gasteiger partial charge in [0.15, 0.2) is 5.43 Å². The van der Waals surface area contributed by atoms with E-state index in [4.69, 9.17) is 4.42 Å². The summed E-state index contributed by atoms with van der Waals surface area (Å²) >= 11 is 0. The van der Waals surface area contributed by atoms with Crippen molar-refractivity contribution in [2.75, 3.05) is 0 Å². The molecule has 5 heteroatoms. The molecule has 0 saturated heterocycles. The molecule has 1 aromatic carbocycles. The van der Waals surface area contributed by atoms with E-state index in [1.165, 1.54) is 12.5 Å². The van der Waals surface area contributed by atoms with E-state index in [1.807, 2.05) is 6.92 Å². The fraction of sp³-hybridized carbons (Fsp3) is 0.0667. The van der Waals surface area contributed by atoms with Gasteiger partial charge >= 0.3 is 6.09 Å². The van der Waals surface area contributed by atoms with Gasteiger partial charge in [-0.2, -0.15) is 0 Å². The Morgan fingerprint density at radius 3 is 2.75 bits per heavy atom. The van der Waals surface area contributed by atoms with Crippen LogP contribution in [0.5, 0.6) is 0 Å². The normalized spacial score (nSPS) is 10.8. The molecule has 3 rings (SSSR count). The van der Waals surface area contributed by atoms with Crippen LogP contribution >= 0.6 is 0 Å². The Balaban J connectivity index is 2.47. The number of carbonyl (C=O) groups is 1. The number of nitrogens with zero attached hydrogens (tertiary/aromatic N) is 1. The Hall–Kier alpha value is -2.82. The maximum atomic E-state index is 12.5. The molecule has 1 N–H and O–H groups in total. The van der Waals surface area contributed by atoms with Crippen molar-refractivity contribution in [3.8, 4) is 11.3 Å². The fourth-order valence-electron chi connectivity index (χ4n) is 2.21. The standard InChI is InChI=1S/C15H11NO4/c1-9-4-5-12-10(7-9)14(17)11(8-16(12)15(18)19)13-3-2-6-20-13/h2-8H,1H3,(H,18,19). The van der Waals surface area contributed by atoms with E-state index < -0.39 is 6.09 Å². The molecule has 0 aliphatic heterocycles. The fourth-order valence-corrected chi connectivity index (χ4v) is 2.21. The molecule has 0 amide bonds. The SMILES string of the molecule is Cc1ccc2c(c1)c(=O)c(-c1ccco1)cn2C(=O)O. The smallest absolute Gasteiger partial charge is 0.416 e. The van der Waals surface area contributed by atoms with Crippen molar-refractivity contribution in [3.05, 3.63) is 58.6 Å². The van der Waals surface area contributed by atoms with Gasteiger partial charge in [-0.1, -0.05) is 11.6 Å². The van der Waals surface area contributed by atoms with Crippen molar-refractivity contribution in [1.29, 1.82) is 0 Å². The second-order valence-electron chi connectivity index (χ2n) is 4.52. The number of pyridine rings is 1.